The van der Waals surface area contributed by atoms with Crippen LogP contribution in [0.15, 0.2) is 18.2 Å². The number of rotatable bonds is 3. The number of carbonyl (C=O) groups excluding carboxylic acids is 1. The van der Waals surface area contributed by atoms with Gasteiger partial charge in [0.1, 0.15) is 12.1 Å². The largest absolute Gasteiger partial charge is 0.376 e. The highest BCUT2D eigenvalue weighted by Crippen LogP contribution is 2.14. The van der Waals surface area contributed by atoms with Crippen molar-refractivity contribution >= 4 is 11.6 Å². The summed E-state index contributed by atoms with van der Waals surface area (Å²) in [4.78, 5) is 11.0. The number of amides is 1. The van der Waals surface area contributed by atoms with E-state index in [0.717, 1.165) is 0 Å². The van der Waals surface area contributed by atoms with Crippen LogP contribution in [0.2, 0.25) is 0 Å². The Morgan fingerprint density at radius 3 is 2.56 bits per heavy atom. The van der Waals surface area contributed by atoms with Gasteiger partial charge in [-0.1, -0.05) is 0 Å². The standard InChI is InChI=1S/C11H10N4O/c1-14-11(16)7-15-10-3-2-8(5-12)9(4-10)6-13/h2-4,15H,7H2,1H3,(H,14,16). The molecule has 0 unspecified atom stereocenters. The number of likely N-dealkylation sites (N-methyl/N-ethyl adjacent to an activating group) is 1. The number of hydrogen-bond acceptors (Lipinski definition) is 4. The fraction of sp³-hybridized carbons (Fsp3) is 0.182. The van der Waals surface area contributed by atoms with Crippen LogP contribution >= 0.6 is 0 Å². The van der Waals surface area contributed by atoms with Crippen LogP contribution in [-0.4, -0.2) is 19.5 Å². The second-order valence-corrected chi connectivity index (χ2v) is 3.01. The summed E-state index contributed by atoms with van der Waals surface area (Å²) in [7, 11) is 1.55. The highest BCUT2D eigenvalue weighted by Gasteiger charge is 2.03. The van der Waals surface area contributed by atoms with Gasteiger partial charge in [0.2, 0.25) is 5.91 Å². The smallest absolute Gasteiger partial charge is 0.239 e. The maximum Gasteiger partial charge on any atom is 0.239 e. The van der Waals surface area contributed by atoms with Gasteiger partial charge in [0.25, 0.3) is 0 Å². The summed E-state index contributed by atoms with van der Waals surface area (Å²) in [6.45, 7) is 0.132. The minimum atomic E-state index is -0.150. The molecule has 0 saturated carbocycles. The lowest BCUT2D eigenvalue weighted by molar-refractivity contribution is -0.118. The summed E-state index contributed by atoms with van der Waals surface area (Å²) in [5.74, 6) is -0.150. The van der Waals surface area contributed by atoms with Gasteiger partial charge in [-0.05, 0) is 18.2 Å². The first-order valence-electron chi connectivity index (χ1n) is 4.60. The van der Waals surface area contributed by atoms with Crippen LogP contribution in [0.5, 0.6) is 0 Å². The minimum Gasteiger partial charge on any atom is -0.376 e. The Hall–Kier alpha value is -2.53. The number of nitrogens with zero attached hydrogens (tertiary/aromatic N) is 2. The van der Waals surface area contributed by atoms with E-state index in [1.54, 1.807) is 25.2 Å². The summed E-state index contributed by atoms with van der Waals surface area (Å²) in [6.07, 6.45) is 0. The highest BCUT2D eigenvalue weighted by molar-refractivity contribution is 5.80. The van der Waals surface area contributed by atoms with E-state index in [1.807, 2.05) is 12.1 Å². The summed E-state index contributed by atoms with van der Waals surface area (Å²) < 4.78 is 0. The van der Waals surface area contributed by atoms with E-state index >= 15 is 0 Å². The molecule has 0 radical (unpaired) electrons. The molecule has 1 amide bonds. The number of nitrogens with one attached hydrogen (secondary N) is 2. The third kappa shape index (κ3) is 2.73. The van der Waals surface area contributed by atoms with Crippen molar-refractivity contribution < 1.29 is 4.79 Å². The van der Waals surface area contributed by atoms with Gasteiger partial charge in [-0.2, -0.15) is 10.5 Å². The fourth-order valence-electron chi connectivity index (χ4n) is 1.11. The number of nitriles is 2. The van der Waals surface area contributed by atoms with Gasteiger partial charge in [0.05, 0.1) is 17.7 Å². The van der Waals surface area contributed by atoms with E-state index in [-0.39, 0.29) is 12.5 Å². The monoisotopic (exact) mass is 214 g/mol. The van der Waals surface area contributed by atoms with Gasteiger partial charge < -0.3 is 10.6 Å². The highest BCUT2D eigenvalue weighted by atomic mass is 16.1. The van der Waals surface area contributed by atoms with Crippen LogP contribution in [-0.2, 0) is 4.79 Å². The first kappa shape index (κ1) is 11.5. The summed E-state index contributed by atoms with van der Waals surface area (Å²) in [5, 5.41) is 22.8. The summed E-state index contributed by atoms with van der Waals surface area (Å²) in [6, 6.07) is 8.59. The molecule has 5 nitrogen and oxygen atoms in total. The zero-order chi connectivity index (χ0) is 12.0. The van der Waals surface area contributed by atoms with Crippen LogP contribution in [0.4, 0.5) is 5.69 Å². The molecule has 5 heteroatoms. The molecular weight excluding hydrogens is 204 g/mol. The quantitative estimate of drug-likeness (QED) is 0.770. The average molecular weight is 214 g/mol. The van der Waals surface area contributed by atoms with Crippen LogP contribution in [0.3, 0.4) is 0 Å². The molecule has 0 aliphatic heterocycles. The molecule has 0 atom stereocenters. The molecule has 0 aliphatic carbocycles. The van der Waals surface area contributed by atoms with Crippen molar-refractivity contribution in [2.75, 3.05) is 18.9 Å². The lowest BCUT2D eigenvalue weighted by Gasteiger charge is -2.05. The zero-order valence-electron chi connectivity index (χ0n) is 8.74. The topological polar surface area (TPSA) is 88.7 Å². The van der Waals surface area contributed by atoms with Gasteiger partial charge in [-0.15, -0.1) is 0 Å². The average Bonchev–Trinajstić information content (AvgIpc) is 2.35. The lowest BCUT2D eigenvalue weighted by Crippen LogP contribution is -2.26. The fourth-order valence-corrected chi connectivity index (χ4v) is 1.11. The van der Waals surface area contributed by atoms with E-state index in [9.17, 15) is 4.79 Å². The molecule has 0 fully saturated rings. The Morgan fingerprint density at radius 1 is 1.31 bits per heavy atom. The van der Waals surface area contributed by atoms with Gasteiger partial charge in [0, 0.05) is 12.7 Å². The SMILES string of the molecule is CNC(=O)CNc1ccc(C#N)c(C#N)c1. The molecule has 80 valence electrons. The third-order valence-corrected chi connectivity index (χ3v) is 1.99. The second kappa shape index (κ2) is 5.38. The molecule has 16 heavy (non-hydrogen) atoms. The molecule has 0 bridgehead atoms. The minimum absolute atomic E-state index is 0.132. The van der Waals surface area contributed by atoms with E-state index in [0.29, 0.717) is 16.8 Å². The Bertz CT molecular complexity index is 482. The van der Waals surface area contributed by atoms with Crippen molar-refractivity contribution in [3.63, 3.8) is 0 Å². The van der Waals surface area contributed by atoms with E-state index in [2.05, 4.69) is 10.6 Å². The van der Waals surface area contributed by atoms with Crippen LogP contribution < -0.4 is 10.6 Å². The molecule has 2 N–H and O–H groups in total. The van der Waals surface area contributed by atoms with Crippen molar-refractivity contribution in [3.05, 3.63) is 29.3 Å². The van der Waals surface area contributed by atoms with Gasteiger partial charge in [-0.3, -0.25) is 4.79 Å². The van der Waals surface area contributed by atoms with Crippen molar-refractivity contribution in [3.8, 4) is 12.1 Å². The maximum atomic E-state index is 11.0. The molecular formula is C11H10N4O. The number of carbonyl (C=O) groups is 1. The third-order valence-electron chi connectivity index (χ3n) is 1.99. The Kier molecular flexibility index (Phi) is 3.88. The van der Waals surface area contributed by atoms with Crippen LogP contribution in [0.25, 0.3) is 0 Å². The van der Waals surface area contributed by atoms with Gasteiger partial charge in [-0.25, -0.2) is 0 Å². The van der Waals surface area contributed by atoms with E-state index in [1.165, 1.54) is 0 Å². The van der Waals surface area contributed by atoms with Gasteiger partial charge in [0.15, 0.2) is 0 Å². The summed E-state index contributed by atoms with van der Waals surface area (Å²) in [5.41, 5.74) is 1.26. The molecule has 1 aromatic rings. The number of benzene rings is 1. The second-order valence-electron chi connectivity index (χ2n) is 3.01. The molecule has 0 aliphatic rings. The normalized spacial score (nSPS) is 8.69. The van der Waals surface area contributed by atoms with E-state index in [4.69, 9.17) is 10.5 Å². The Labute approximate surface area is 93.3 Å². The van der Waals surface area contributed by atoms with Crippen molar-refractivity contribution in [2.45, 2.75) is 0 Å². The molecule has 0 aromatic heterocycles. The lowest BCUT2D eigenvalue weighted by atomic mass is 10.1. The van der Waals surface area contributed by atoms with Crippen LogP contribution in [0.1, 0.15) is 11.1 Å². The van der Waals surface area contributed by atoms with Crippen molar-refractivity contribution in [1.29, 1.82) is 10.5 Å². The first-order chi connectivity index (χ1) is 7.71. The first-order valence-corrected chi connectivity index (χ1v) is 4.60. The van der Waals surface area contributed by atoms with Crippen molar-refractivity contribution in [1.82, 2.24) is 5.32 Å². The predicted molar refractivity (Wildman–Crippen MR) is 58.4 cm³/mol. The molecule has 0 spiro atoms. The Morgan fingerprint density at radius 2 is 2.00 bits per heavy atom. The molecule has 1 rings (SSSR count). The maximum absolute atomic E-state index is 11.0. The van der Waals surface area contributed by atoms with Crippen molar-refractivity contribution in [2.24, 2.45) is 0 Å². The number of hydrogen-bond donors (Lipinski definition) is 2. The van der Waals surface area contributed by atoms with Gasteiger partial charge >= 0.3 is 0 Å². The molecule has 0 saturated heterocycles. The van der Waals surface area contributed by atoms with E-state index < -0.39 is 0 Å². The number of anilines is 1. The zero-order valence-corrected chi connectivity index (χ0v) is 8.74. The summed E-state index contributed by atoms with van der Waals surface area (Å²) >= 11 is 0. The predicted octanol–water partition coefficient (Wildman–Crippen LogP) is 0.588. The molecule has 1 aromatic carbocycles. The molecule has 0 heterocycles. The Balaban J connectivity index is 2.81. The van der Waals surface area contributed by atoms with Crippen LogP contribution in [0, 0.1) is 22.7 Å².